The van der Waals surface area contributed by atoms with E-state index in [1.165, 1.54) is 11.8 Å². The third kappa shape index (κ3) is 5.38. The number of thioether (sulfide) groups is 1. The Bertz CT molecular complexity index is 765. The molecule has 0 bridgehead atoms. The number of carbonyl (C=O) groups is 2. The third-order valence-corrected chi connectivity index (χ3v) is 4.15. The van der Waals surface area contributed by atoms with Crippen LogP contribution in [0, 0.1) is 0 Å². The van der Waals surface area contributed by atoms with Crippen molar-refractivity contribution in [2.24, 2.45) is 0 Å². The van der Waals surface area contributed by atoms with Crippen molar-refractivity contribution in [1.29, 1.82) is 0 Å². The van der Waals surface area contributed by atoms with Crippen molar-refractivity contribution in [2.45, 2.75) is 18.6 Å². The van der Waals surface area contributed by atoms with E-state index in [0.717, 1.165) is 10.8 Å². The monoisotopic (exact) mass is 370 g/mol. The number of hydrogen-bond acceptors (Lipinski definition) is 3. The van der Waals surface area contributed by atoms with Crippen LogP contribution < -0.4 is 10.6 Å². The van der Waals surface area contributed by atoms with Crippen molar-refractivity contribution in [3.8, 4) is 0 Å². The number of halogens is 3. The highest BCUT2D eigenvalue weighted by Crippen LogP contribution is 2.20. The number of benzene rings is 2. The summed E-state index contributed by atoms with van der Waals surface area (Å²) in [5, 5.41) is 6.20. The van der Waals surface area contributed by atoms with Gasteiger partial charge in [0, 0.05) is 5.69 Å². The summed E-state index contributed by atoms with van der Waals surface area (Å²) in [6, 6.07) is 11.4. The molecule has 4 nitrogen and oxygen atoms in total. The number of fused-ring (bicyclic) bond motifs is 1. The van der Waals surface area contributed by atoms with Crippen LogP contribution in [-0.4, -0.2) is 36.0 Å². The molecule has 0 saturated carbocycles. The molecule has 0 spiro atoms. The first kappa shape index (κ1) is 19.1. The zero-order valence-electron chi connectivity index (χ0n) is 13.4. The lowest BCUT2D eigenvalue weighted by Gasteiger charge is -2.19. The molecule has 134 valence electrons. The SMILES string of the molecule is CSCCC(NC(=O)C(F)(F)F)C(=O)Nc1ccc2ccccc2c1. The first-order chi connectivity index (χ1) is 11.8. The number of carbonyl (C=O) groups excluding carboxylic acids is 2. The Balaban J connectivity index is 2.12. The zero-order valence-corrected chi connectivity index (χ0v) is 14.2. The van der Waals surface area contributed by atoms with Crippen LogP contribution in [0.2, 0.25) is 0 Å². The molecule has 2 N–H and O–H groups in total. The normalized spacial score (nSPS) is 12.6. The van der Waals surface area contributed by atoms with Crippen molar-refractivity contribution < 1.29 is 22.8 Å². The molecule has 2 rings (SSSR count). The quantitative estimate of drug-likeness (QED) is 0.817. The fraction of sp³-hybridized carbons (Fsp3) is 0.294. The fourth-order valence-corrected chi connectivity index (χ4v) is 2.71. The molecule has 2 amide bonds. The first-order valence-corrected chi connectivity index (χ1v) is 8.87. The van der Waals surface area contributed by atoms with E-state index in [2.05, 4.69) is 5.32 Å². The number of alkyl halides is 3. The molecule has 1 atom stereocenters. The number of anilines is 1. The molecule has 0 aliphatic rings. The van der Waals surface area contributed by atoms with E-state index in [-0.39, 0.29) is 6.42 Å². The molecule has 0 radical (unpaired) electrons. The second-order valence-corrected chi connectivity index (χ2v) is 6.34. The maximum atomic E-state index is 12.4. The summed E-state index contributed by atoms with van der Waals surface area (Å²) < 4.78 is 37.3. The van der Waals surface area contributed by atoms with Crippen LogP contribution in [0.25, 0.3) is 10.8 Å². The van der Waals surface area contributed by atoms with Crippen molar-refractivity contribution in [1.82, 2.24) is 5.32 Å². The summed E-state index contributed by atoms with van der Waals surface area (Å²) in [4.78, 5) is 23.5. The van der Waals surface area contributed by atoms with Gasteiger partial charge in [0.15, 0.2) is 0 Å². The predicted octanol–water partition coefficient (Wildman–Crippen LogP) is 3.58. The molecule has 1 unspecified atom stereocenters. The molecule has 8 heteroatoms. The van der Waals surface area contributed by atoms with E-state index in [4.69, 9.17) is 0 Å². The lowest BCUT2D eigenvalue weighted by Crippen LogP contribution is -2.49. The molecule has 0 saturated heterocycles. The zero-order chi connectivity index (χ0) is 18.4. The second-order valence-electron chi connectivity index (χ2n) is 5.36. The Morgan fingerprint density at radius 3 is 2.44 bits per heavy atom. The number of hydrogen-bond donors (Lipinski definition) is 2. The molecule has 25 heavy (non-hydrogen) atoms. The molecule has 0 aromatic heterocycles. The van der Waals surface area contributed by atoms with Gasteiger partial charge in [-0.15, -0.1) is 0 Å². The predicted molar refractivity (Wildman–Crippen MR) is 93.6 cm³/mol. The number of rotatable bonds is 6. The first-order valence-electron chi connectivity index (χ1n) is 7.47. The number of amides is 2. The molecule has 2 aromatic carbocycles. The van der Waals surface area contributed by atoms with Gasteiger partial charge >= 0.3 is 12.1 Å². The topological polar surface area (TPSA) is 58.2 Å². The van der Waals surface area contributed by atoms with Gasteiger partial charge in [0.25, 0.3) is 0 Å². The van der Waals surface area contributed by atoms with Gasteiger partial charge in [0.2, 0.25) is 5.91 Å². The van der Waals surface area contributed by atoms with Crippen molar-refractivity contribution in [2.75, 3.05) is 17.3 Å². The van der Waals surface area contributed by atoms with Crippen LogP contribution in [0.1, 0.15) is 6.42 Å². The Morgan fingerprint density at radius 1 is 1.12 bits per heavy atom. The summed E-state index contributed by atoms with van der Waals surface area (Å²) in [5.74, 6) is -2.36. The van der Waals surface area contributed by atoms with E-state index in [1.54, 1.807) is 29.8 Å². The van der Waals surface area contributed by atoms with Crippen LogP contribution in [0.3, 0.4) is 0 Å². The minimum absolute atomic E-state index is 0.0996. The molecular weight excluding hydrogens is 353 g/mol. The van der Waals surface area contributed by atoms with Gasteiger partial charge in [-0.1, -0.05) is 30.3 Å². The number of nitrogens with one attached hydrogen (secondary N) is 2. The van der Waals surface area contributed by atoms with Gasteiger partial charge in [-0.05, 0) is 41.3 Å². The third-order valence-electron chi connectivity index (χ3n) is 3.51. The highest BCUT2D eigenvalue weighted by Gasteiger charge is 2.40. The molecule has 0 aliphatic carbocycles. The second kappa shape index (κ2) is 8.24. The molecule has 0 fully saturated rings. The summed E-state index contributed by atoms with van der Waals surface area (Å²) in [5.41, 5.74) is 0.458. The largest absolute Gasteiger partial charge is 0.471 e. The maximum Gasteiger partial charge on any atom is 0.471 e. The Kier molecular flexibility index (Phi) is 6.30. The van der Waals surface area contributed by atoms with Gasteiger partial charge in [-0.2, -0.15) is 24.9 Å². The van der Waals surface area contributed by atoms with Crippen LogP contribution in [0.4, 0.5) is 18.9 Å². The van der Waals surface area contributed by atoms with E-state index < -0.39 is 24.0 Å². The highest BCUT2D eigenvalue weighted by molar-refractivity contribution is 7.98. The van der Waals surface area contributed by atoms with Crippen LogP contribution in [-0.2, 0) is 9.59 Å². The smallest absolute Gasteiger partial charge is 0.336 e. The Labute approximate surface area is 147 Å². The van der Waals surface area contributed by atoms with Crippen LogP contribution in [0.5, 0.6) is 0 Å². The van der Waals surface area contributed by atoms with Gasteiger partial charge in [-0.3, -0.25) is 9.59 Å². The van der Waals surface area contributed by atoms with Crippen molar-refractivity contribution in [3.63, 3.8) is 0 Å². The maximum absolute atomic E-state index is 12.4. The molecule has 0 aliphatic heterocycles. The lowest BCUT2D eigenvalue weighted by atomic mass is 10.1. The van der Waals surface area contributed by atoms with Crippen LogP contribution >= 0.6 is 11.8 Å². The average Bonchev–Trinajstić information content (AvgIpc) is 2.57. The molecular formula is C17H17F3N2O2S. The van der Waals surface area contributed by atoms with Crippen LogP contribution in [0.15, 0.2) is 42.5 Å². The highest BCUT2D eigenvalue weighted by atomic mass is 32.2. The van der Waals surface area contributed by atoms with E-state index >= 15 is 0 Å². The van der Waals surface area contributed by atoms with E-state index in [9.17, 15) is 22.8 Å². The Hall–Kier alpha value is -2.22. The summed E-state index contributed by atoms with van der Waals surface area (Å²) >= 11 is 1.38. The lowest BCUT2D eigenvalue weighted by molar-refractivity contribution is -0.174. The fourth-order valence-electron chi connectivity index (χ4n) is 2.24. The van der Waals surface area contributed by atoms with Crippen molar-refractivity contribution >= 4 is 40.0 Å². The average molecular weight is 370 g/mol. The molecule has 0 heterocycles. The standard InChI is InChI=1S/C17H17F3N2O2S/c1-25-9-8-14(22-16(24)17(18,19)20)15(23)21-13-7-6-11-4-2-3-5-12(11)10-13/h2-7,10,14H,8-9H2,1H3,(H,21,23)(H,22,24). The van der Waals surface area contributed by atoms with Gasteiger partial charge in [0.1, 0.15) is 6.04 Å². The van der Waals surface area contributed by atoms with Gasteiger partial charge in [0.05, 0.1) is 0 Å². The van der Waals surface area contributed by atoms with E-state index in [0.29, 0.717) is 11.4 Å². The van der Waals surface area contributed by atoms with Gasteiger partial charge < -0.3 is 10.6 Å². The summed E-state index contributed by atoms with van der Waals surface area (Å²) in [6.45, 7) is 0. The summed E-state index contributed by atoms with van der Waals surface area (Å²) in [7, 11) is 0. The van der Waals surface area contributed by atoms with Crippen molar-refractivity contribution in [3.05, 3.63) is 42.5 Å². The molecule has 2 aromatic rings. The Morgan fingerprint density at radius 2 is 1.80 bits per heavy atom. The minimum atomic E-state index is -5.03. The van der Waals surface area contributed by atoms with Gasteiger partial charge in [-0.25, -0.2) is 0 Å². The summed E-state index contributed by atoms with van der Waals surface area (Å²) in [6.07, 6.45) is -3.16. The minimum Gasteiger partial charge on any atom is -0.336 e. The van der Waals surface area contributed by atoms with E-state index in [1.807, 2.05) is 24.3 Å².